The number of hydrogen-bond donors (Lipinski definition) is 3. The summed E-state index contributed by atoms with van der Waals surface area (Å²) in [6, 6.07) is 14.2. The van der Waals surface area contributed by atoms with E-state index in [1.54, 1.807) is 36.4 Å². The van der Waals surface area contributed by atoms with Gasteiger partial charge in [-0.25, -0.2) is 10.2 Å². The van der Waals surface area contributed by atoms with E-state index < -0.39 is 11.9 Å². The fourth-order valence-corrected chi connectivity index (χ4v) is 2.54. The number of para-hydroxylation sites is 1. The van der Waals surface area contributed by atoms with E-state index in [-0.39, 0.29) is 5.56 Å². The number of carbonyl (C=O) groups excluding carboxylic acids is 1. The quantitative estimate of drug-likeness (QED) is 0.353. The minimum absolute atomic E-state index is 0.0914. The molecule has 0 saturated heterocycles. The Morgan fingerprint density at radius 2 is 1.93 bits per heavy atom. The first kappa shape index (κ1) is 18.2. The van der Waals surface area contributed by atoms with Gasteiger partial charge in [-0.15, -0.1) is 0 Å². The first-order chi connectivity index (χ1) is 13.0. The number of aromatic carboxylic acids is 1. The molecule has 0 atom stereocenters. The maximum Gasteiger partial charge on any atom is 0.335 e. The Kier molecular flexibility index (Phi) is 5.23. The highest BCUT2D eigenvalue weighted by Crippen LogP contribution is 2.30. The molecule has 2 aromatic carbocycles. The summed E-state index contributed by atoms with van der Waals surface area (Å²) in [5.41, 5.74) is 9.28. The number of hydrogen-bond acceptors (Lipinski definition) is 5. The average molecular weight is 384 g/mol. The minimum Gasteiger partial charge on any atom is -0.478 e. The van der Waals surface area contributed by atoms with Crippen molar-refractivity contribution in [2.75, 3.05) is 5.73 Å². The molecular formula is C19H14ClN3O4. The van der Waals surface area contributed by atoms with Crippen LogP contribution in [0.15, 0.2) is 64.1 Å². The Hall–Kier alpha value is -3.58. The number of carboxylic acid groups (broad SMARTS) is 1. The Balaban J connectivity index is 1.74. The molecular weight excluding hydrogens is 370 g/mol. The van der Waals surface area contributed by atoms with Crippen LogP contribution in [0, 0.1) is 0 Å². The number of nitrogens with zero attached hydrogens (tertiary/aromatic N) is 1. The molecule has 0 spiro atoms. The van der Waals surface area contributed by atoms with Crippen LogP contribution in [0.3, 0.4) is 0 Å². The van der Waals surface area contributed by atoms with Crippen molar-refractivity contribution in [1.82, 2.24) is 5.43 Å². The molecule has 0 aliphatic rings. The molecule has 27 heavy (non-hydrogen) atoms. The van der Waals surface area contributed by atoms with E-state index in [4.69, 9.17) is 26.9 Å². The van der Waals surface area contributed by atoms with E-state index >= 15 is 0 Å². The van der Waals surface area contributed by atoms with Gasteiger partial charge < -0.3 is 15.3 Å². The van der Waals surface area contributed by atoms with Gasteiger partial charge in [0, 0.05) is 11.3 Å². The number of nitrogens with two attached hydrogens (primary N) is 1. The van der Waals surface area contributed by atoms with Gasteiger partial charge in [0.1, 0.15) is 11.5 Å². The predicted molar refractivity (Wildman–Crippen MR) is 102 cm³/mol. The lowest BCUT2D eigenvalue weighted by atomic mass is 10.1. The van der Waals surface area contributed by atoms with E-state index in [9.17, 15) is 9.59 Å². The highest BCUT2D eigenvalue weighted by atomic mass is 35.5. The van der Waals surface area contributed by atoms with Crippen LogP contribution in [-0.4, -0.2) is 23.2 Å². The number of hydrazone groups is 1. The molecule has 1 amide bonds. The summed E-state index contributed by atoms with van der Waals surface area (Å²) < 4.78 is 5.59. The van der Waals surface area contributed by atoms with Crippen molar-refractivity contribution in [3.05, 3.63) is 76.5 Å². The molecule has 0 aliphatic carbocycles. The SMILES string of the molecule is Nc1ccccc1C(=O)N/N=C\c1ccc(-c2cc(C(=O)O)ccc2Cl)o1. The van der Waals surface area contributed by atoms with E-state index in [1.807, 2.05) is 0 Å². The van der Waals surface area contributed by atoms with Gasteiger partial charge in [-0.05, 0) is 42.5 Å². The summed E-state index contributed by atoms with van der Waals surface area (Å²) >= 11 is 6.12. The van der Waals surface area contributed by atoms with E-state index in [0.29, 0.717) is 33.4 Å². The number of benzene rings is 2. The monoisotopic (exact) mass is 383 g/mol. The van der Waals surface area contributed by atoms with Crippen molar-refractivity contribution in [2.24, 2.45) is 5.10 Å². The number of carbonyl (C=O) groups is 2. The molecule has 7 nitrogen and oxygen atoms in total. The van der Waals surface area contributed by atoms with Crippen LogP contribution in [0.1, 0.15) is 26.5 Å². The zero-order chi connectivity index (χ0) is 19.4. The molecule has 0 fully saturated rings. The lowest BCUT2D eigenvalue weighted by molar-refractivity contribution is 0.0696. The van der Waals surface area contributed by atoms with Crippen LogP contribution < -0.4 is 11.2 Å². The number of carboxylic acids is 1. The van der Waals surface area contributed by atoms with Crippen LogP contribution in [0.25, 0.3) is 11.3 Å². The molecule has 136 valence electrons. The summed E-state index contributed by atoms with van der Waals surface area (Å²) in [6.07, 6.45) is 1.31. The molecule has 1 heterocycles. The summed E-state index contributed by atoms with van der Waals surface area (Å²) in [5.74, 6) is -0.788. The van der Waals surface area contributed by atoms with Crippen molar-refractivity contribution in [2.45, 2.75) is 0 Å². The number of furan rings is 1. The highest BCUT2D eigenvalue weighted by Gasteiger charge is 2.12. The van der Waals surface area contributed by atoms with Crippen LogP contribution in [-0.2, 0) is 0 Å². The van der Waals surface area contributed by atoms with Gasteiger partial charge in [-0.1, -0.05) is 23.7 Å². The molecule has 3 aromatic rings. The van der Waals surface area contributed by atoms with Gasteiger partial charge in [0.15, 0.2) is 0 Å². The third kappa shape index (κ3) is 4.16. The summed E-state index contributed by atoms with van der Waals surface area (Å²) in [6.45, 7) is 0. The lowest BCUT2D eigenvalue weighted by Crippen LogP contribution is -2.18. The first-order valence-corrected chi connectivity index (χ1v) is 8.14. The Bertz CT molecular complexity index is 1040. The predicted octanol–water partition coefficient (Wildman–Crippen LogP) is 3.64. The van der Waals surface area contributed by atoms with Gasteiger partial charge >= 0.3 is 5.97 Å². The van der Waals surface area contributed by atoms with Crippen LogP contribution in [0.5, 0.6) is 0 Å². The fourth-order valence-electron chi connectivity index (χ4n) is 2.33. The van der Waals surface area contributed by atoms with Crippen LogP contribution >= 0.6 is 11.6 Å². The molecule has 3 rings (SSSR count). The standard InChI is InChI=1S/C19H14ClN3O4/c20-15-7-5-11(19(25)26)9-14(15)17-8-6-12(27-17)10-22-23-18(24)13-3-1-2-4-16(13)21/h1-10H,21H2,(H,23,24)(H,25,26)/b22-10-. The van der Waals surface area contributed by atoms with Gasteiger partial charge in [0.05, 0.1) is 22.4 Å². The van der Waals surface area contributed by atoms with Crippen molar-refractivity contribution in [3.8, 4) is 11.3 Å². The third-order valence-electron chi connectivity index (χ3n) is 3.67. The largest absolute Gasteiger partial charge is 0.478 e. The van der Waals surface area contributed by atoms with E-state index in [0.717, 1.165) is 0 Å². The second-order valence-corrected chi connectivity index (χ2v) is 5.90. The fraction of sp³-hybridized carbons (Fsp3) is 0. The molecule has 0 saturated carbocycles. The Labute approximate surface area is 159 Å². The number of rotatable bonds is 5. The average Bonchev–Trinajstić information content (AvgIpc) is 3.10. The summed E-state index contributed by atoms with van der Waals surface area (Å²) in [7, 11) is 0. The maximum atomic E-state index is 12.0. The van der Waals surface area contributed by atoms with Crippen LogP contribution in [0.4, 0.5) is 5.69 Å². The van der Waals surface area contributed by atoms with Gasteiger partial charge in [0.2, 0.25) is 0 Å². The van der Waals surface area contributed by atoms with E-state index in [2.05, 4.69) is 10.5 Å². The summed E-state index contributed by atoms with van der Waals surface area (Å²) in [5, 5.41) is 13.3. The third-order valence-corrected chi connectivity index (χ3v) is 4.00. The topological polar surface area (TPSA) is 118 Å². The van der Waals surface area contributed by atoms with Gasteiger partial charge in [0.25, 0.3) is 5.91 Å². The Morgan fingerprint density at radius 3 is 2.67 bits per heavy atom. The molecule has 0 radical (unpaired) electrons. The molecule has 0 bridgehead atoms. The molecule has 8 heteroatoms. The lowest BCUT2D eigenvalue weighted by Gasteiger charge is -2.03. The Morgan fingerprint density at radius 1 is 1.15 bits per heavy atom. The normalized spacial score (nSPS) is 10.9. The molecule has 0 aliphatic heterocycles. The molecule has 4 N–H and O–H groups in total. The smallest absolute Gasteiger partial charge is 0.335 e. The van der Waals surface area contributed by atoms with Gasteiger partial charge in [-0.2, -0.15) is 5.10 Å². The van der Waals surface area contributed by atoms with Crippen molar-refractivity contribution in [1.29, 1.82) is 0 Å². The highest BCUT2D eigenvalue weighted by molar-refractivity contribution is 6.33. The number of nitrogens with one attached hydrogen (secondary N) is 1. The minimum atomic E-state index is -1.07. The number of amides is 1. The first-order valence-electron chi connectivity index (χ1n) is 7.76. The second kappa shape index (κ2) is 7.76. The van der Waals surface area contributed by atoms with E-state index in [1.165, 1.54) is 24.4 Å². The van der Waals surface area contributed by atoms with Crippen LogP contribution in [0.2, 0.25) is 5.02 Å². The van der Waals surface area contributed by atoms with Crippen molar-refractivity contribution < 1.29 is 19.1 Å². The second-order valence-electron chi connectivity index (χ2n) is 5.49. The van der Waals surface area contributed by atoms with Gasteiger partial charge in [-0.3, -0.25) is 4.79 Å². The number of nitrogen functional groups attached to an aromatic ring is 1. The number of halogens is 1. The molecule has 0 unspecified atom stereocenters. The summed E-state index contributed by atoms with van der Waals surface area (Å²) in [4.78, 5) is 23.1. The molecule has 1 aromatic heterocycles. The zero-order valence-electron chi connectivity index (χ0n) is 13.8. The van der Waals surface area contributed by atoms with Crippen molar-refractivity contribution >= 4 is 35.4 Å². The maximum absolute atomic E-state index is 12.0. The zero-order valence-corrected chi connectivity index (χ0v) is 14.6. The van der Waals surface area contributed by atoms with Crippen molar-refractivity contribution in [3.63, 3.8) is 0 Å². The number of anilines is 1.